The first-order valence-electron chi connectivity index (χ1n) is 11.8. The van der Waals surface area contributed by atoms with Crippen molar-refractivity contribution >= 4 is 45.7 Å². The molecule has 2 N–H and O–H groups in total. The number of thioether (sulfide) groups is 1. The highest BCUT2D eigenvalue weighted by Crippen LogP contribution is 2.28. The van der Waals surface area contributed by atoms with Crippen LogP contribution < -0.4 is 10.6 Å². The third-order valence-corrected chi connectivity index (χ3v) is 7.10. The van der Waals surface area contributed by atoms with Gasteiger partial charge in [-0.3, -0.25) is 9.59 Å². The van der Waals surface area contributed by atoms with E-state index in [1.54, 1.807) is 12.1 Å². The maximum Gasteiger partial charge on any atom is 0.255 e. The normalized spacial score (nSPS) is 11.7. The van der Waals surface area contributed by atoms with Crippen LogP contribution in [0.25, 0.3) is 22.2 Å². The van der Waals surface area contributed by atoms with Gasteiger partial charge in [-0.2, -0.15) is 0 Å². The van der Waals surface area contributed by atoms with Gasteiger partial charge in [-0.15, -0.1) is 10.2 Å². The molecule has 0 aliphatic heterocycles. The van der Waals surface area contributed by atoms with Gasteiger partial charge in [0, 0.05) is 34.9 Å². The van der Waals surface area contributed by atoms with Gasteiger partial charge >= 0.3 is 0 Å². The van der Waals surface area contributed by atoms with Crippen LogP contribution in [0.2, 0.25) is 0 Å². The molecule has 0 unspecified atom stereocenters. The molecule has 4 aromatic carbocycles. The molecule has 1 atom stereocenters. The summed E-state index contributed by atoms with van der Waals surface area (Å²) >= 11 is 1.35. The van der Waals surface area contributed by atoms with Crippen LogP contribution in [0.4, 0.5) is 11.4 Å². The Morgan fingerprint density at radius 2 is 1.51 bits per heavy atom. The van der Waals surface area contributed by atoms with Gasteiger partial charge in [0.1, 0.15) is 0 Å². The first-order chi connectivity index (χ1) is 18.0. The van der Waals surface area contributed by atoms with Crippen LogP contribution in [0.3, 0.4) is 0 Å². The Balaban J connectivity index is 1.25. The fourth-order valence-corrected chi connectivity index (χ4v) is 4.76. The van der Waals surface area contributed by atoms with Crippen molar-refractivity contribution in [3.05, 3.63) is 103 Å². The summed E-state index contributed by atoms with van der Waals surface area (Å²) in [7, 11) is 1.87. The van der Waals surface area contributed by atoms with Crippen LogP contribution in [0, 0.1) is 0 Å². The summed E-state index contributed by atoms with van der Waals surface area (Å²) in [5.41, 5.74) is 2.93. The number of carbonyl (C=O) groups excluding carboxylic acids is 2. The Kier molecular flexibility index (Phi) is 7.00. The molecular formula is C29H25N5O2S. The summed E-state index contributed by atoms with van der Waals surface area (Å²) in [4.78, 5) is 25.3. The zero-order valence-corrected chi connectivity index (χ0v) is 21.2. The lowest BCUT2D eigenvalue weighted by atomic mass is 10.1. The van der Waals surface area contributed by atoms with Crippen molar-refractivity contribution < 1.29 is 9.59 Å². The molecule has 0 fully saturated rings. The quantitative estimate of drug-likeness (QED) is 0.264. The lowest BCUT2D eigenvalue weighted by Gasteiger charge is -2.13. The Bertz CT molecular complexity index is 1560. The van der Waals surface area contributed by atoms with Crippen LogP contribution in [-0.4, -0.2) is 31.8 Å². The number of fused-ring (bicyclic) bond motifs is 1. The van der Waals surface area contributed by atoms with Crippen LogP contribution in [-0.2, 0) is 11.8 Å². The SMILES string of the molecule is C[C@H](Sc1nnc(-c2ccc(NC(=O)c3ccccc3)cc2)n1C)C(=O)Nc1cccc2ccccc12. The molecule has 0 saturated heterocycles. The van der Waals surface area contributed by atoms with Gasteiger partial charge in [0.2, 0.25) is 5.91 Å². The third kappa shape index (κ3) is 5.39. The van der Waals surface area contributed by atoms with Crippen molar-refractivity contribution in [3.8, 4) is 11.4 Å². The number of rotatable bonds is 7. The molecular weight excluding hydrogens is 482 g/mol. The van der Waals surface area contributed by atoms with E-state index in [-0.39, 0.29) is 17.1 Å². The van der Waals surface area contributed by atoms with E-state index in [0.717, 1.165) is 22.0 Å². The summed E-state index contributed by atoms with van der Waals surface area (Å²) in [5.74, 6) is 0.399. The molecule has 2 amide bonds. The summed E-state index contributed by atoms with van der Waals surface area (Å²) < 4.78 is 1.86. The highest BCUT2D eigenvalue weighted by atomic mass is 32.2. The second kappa shape index (κ2) is 10.7. The lowest BCUT2D eigenvalue weighted by Crippen LogP contribution is -2.23. The number of hydrogen-bond acceptors (Lipinski definition) is 5. The van der Waals surface area contributed by atoms with Crippen LogP contribution in [0.15, 0.2) is 102 Å². The van der Waals surface area contributed by atoms with Crippen LogP contribution in [0.5, 0.6) is 0 Å². The fraction of sp³-hybridized carbons (Fsp3) is 0.103. The van der Waals surface area contributed by atoms with Crippen molar-refractivity contribution in [3.63, 3.8) is 0 Å². The fourth-order valence-electron chi connectivity index (χ4n) is 3.94. The molecule has 0 saturated carbocycles. The van der Waals surface area contributed by atoms with Crippen molar-refractivity contribution in [1.29, 1.82) is 0 Å². The number of nitrogens with one attached hydrogen (secondary N) is 2. The maximum absolute atomic E-state index is 13.0. The van der Waals surface area contributed by atoms with Crippen LogP contribution >= 0.6 is 11.8 Å². The summed E-state index contributed by atoms with van der Waals surface area (Å²) in [5, 5.41) is 16.9. The average Bonchev–Trinajstić information content (AvgIpc) is 3.29. The molecule has 5 rings (SSSR count). The Labute approximate surface area is 218 Å². The van der Waals surface area contributed by atoms with Gasteiger partial charge in [0.25, 0.3) is 5.91 Å². The number of hydrogen-bond donors (Lipinski definition) is 2. The van der Waals surface area contributed by atoms with Crippen molar-refractivity contribution in [2.45, 2.75) is 17.3 Å². The van der Waals surface area contributed by atoms with E-state index < -0.39 is 0 Å². The summed E-state index contributed by atoms with van der Waals surface area (Å²) in [6, 6.07) is 30.3. The highest BCUT2D eigenvalue weighted by molar-refractivity contribution is 8.00. The van der Waals surface area contributed by atoms with E-state index in [2.05, 4.69) is 20.8 Å². The lowest BCUT2D eigenvalue weighted by molar-refractivity contribution is -0.115. The molecule has 0 radical (unpaired) electrons. The van der Waals surface area contributed by atoms with E-state index in [1.807, 2.05) is 103 Å². The van der Waals surface area contributed by atoms with Gasteiger partial charge in [0.15, 0.2) is 11.0 Å². The van der Waals surface area contributed by atoms with E-state index in [0.29, 0.717) is 22.2 Å². The van der Waals surface area contributed by atoms with Crippen molar-refractivity contribution in [2.75, 3.05) is 10.6 Å². The van der Waals surface area contributed by atoms with Crippen LogP contribution in [0.1, 0.15) is 17.3 Å². The molecule has 0 aliphatic carbocycles. The minimum absolute atomic E-state index is 0.107. The first-order valence-corrected chi connectivity index (χ1v) is 12.7. The maximum atomic E-state index is 13.0. The monoisotopic (exact) mass is 507 g/mol. The minimum atomic E-state index is -0.384. The molecule has 0 bridgehead atoms. The van der Waals surface area contributed by atoms with Gasteiger partial charge in [-0.1, -0.05) is 66.4 Å². The molecule has 0 spiro atoms. The van der Waals surface area contributed by atoms with Crippen molar-refractivity contribution in [2.24, 2.45) is 7.05 Å². The highest BCUT2D eigenvalue weighted by Gasteiger charge is 2.20. The number of nitrogens with zero attached hydrogens (tertiary/aromatic N) is 3. The first kappa shape index (κ1) is 24.3. The predicted octanol–water partition coefficient (Wildman–Crippen LogP) is 6.01. The molecule has 37 heavy (non-hydrogen) atoms. The zero-order chi connectivity index (χ0) is 25.8. The van der Waals surface area contributed by atoms with Gasteiger partial charge < -0.3 is 15.2 Å². The van der Waals surface area contributed by atoms with E-state index in [4.69, 9.17) is 0 Å². The topological polar surface area (TPSA) is 88.9 Å². The van der Waals surface area contributed by atoms with E-state index in [9.17, 15) is 9.59 Å². The number of amides is 2. The molecule has 5 aromatic rings. The number of carbonyl (C=O) groups is 2. The van der Waals surface area contributed by atoms with Gasteiger partial charge in [-0.25, -0.2) is 0 Å². The number of benzene rings is 4. The Hall–Kier alpha value is -4.43. The second-order valence-electron chi connectivity index (χ2n) is 8.54. The molecule has 0 aliphatic rings. The molecule has 184 valence electrons. The largest absolute Gasteiger partial charge is 0.325 e. The molecule has 1 heterocycles. The molecule has 7 nitrogen and oxygen atoms in total. The van der Waals surface area contributed by atoms with E-state index in [1.165, 1.54) is 11.8 Å². The van der Waals surface area contributed by atoms with E-state index >= 15 is 0 Å². The number of aromatic nitrogens is 3. The number of anilines is 2. The predicted molar refractivity (Wildman–Crippen MR) is 149 cm³/mol. The zero-order valence-electron chi connectivity index (χ0n) is 20.4. The minimum Gasteiger partial charge on any atom is -0.325 e. The smallest absolute Gasteiger partial charge is 0.255 e. The summed E-state index contributed by atoms with van der Waals surface area (Å²) in [6.07, 6.45) is 0. The van der Waals surface area contributed by atoms with Crippen molar-refractivity contribution in [1.82, 2.24) is 14.8 Å². The molecule has 8 heteroatoms. The average molecular weight is 508 g/mol. The Morgan fingerprint density at radius 3 is 2.30 bits per heavy atom. The molecule has 1 aromatic heterocycles. The van der Waals surface area contributed by atoms with Gasteiger partial charge in [0.05, 0.1) is 5.25 Å². The van der Waals surface area contributed by atoms with Gasteiger partial charge in [-0.05, 0) is 54.8 Å². The Morgan fingerprint density at radius 1 is 0.811 bits per heavy atom. The second-order valence-corrected chi connectivity index (χ2v) is 9.85. The standard InChI is InChI=1S/C29H25N5O2S/c1-19(27(35)31-25-14-8-12-20-9-6-7-13-24(20)25)37-29-33-32-26(34(29)2)21-15-17-23(18-16-21)30-28(36)22-10-4-3-5-11-22/h3-19H,1-2H3,(H,30,36)(H,31,35)/t19-/m0/s1. The third-order valence-electron chi connectivity index (χ3n) is 5.97. The summed E-state index contributed by atoms with van der Waals surface area (Å²) in [6.45, 7) is 1.85.